The van der Waals surface area contributed by atoms with E-state index in [0.717, 1.165) is 30.9 Å². The Kier molecular flexibility index (Phi) is 4.96. The third kappa shape index (κ3) is 3.94. The van der Waals surface area contributed by atoms with Gasteiger partial charge in [-0.3, -0.25) is 0 Å². The van der Waals surface area contributed by atoms with E-state index < -0.39 is 0 Å². The first-order valence-electron chi connectivity index (χ1n) is 7.41. The summed E-state index contributed by atoms with van der Waals surface area (Å²) in [6.07, 6.45) is 4.05. The summed E-state index contributed by atoms with van der Waals surface area (Å²) in [6, 6.07) is 7.08. The molecule has 0 saturated heterocycles. The molecule has 20 heavy (non-hydrogen) atoms. The van der Waals surface area contributed by atoms with Crippen LogP contribution in [-0.4, -0.2) is 22.6 Å². The van der Waals surface area contributed by atoms with Gasteiger partial charge in [0.15, 0.2) is 0 Å². The molecule has 1 aromatic heterocycles. The molecule has 0 atom stereocenters. The first kappa shape index (κ1) is 14.8. The number of aromatic amines is 1. The zero-order valence-corrected chi connectivity index (χ0v) is 13.0. The number of nitrogens with one attached hydrogen (secondary N) is 2. The molecule has 2 aromatic rings. The number of rotatable bonds is 6. The molecule has 0 aliphatic carbocycles. The molecule has 1 aromatic carbocycles. The molecule has 0 saturated carbocycles. The molecule has 108 valence electrons. The number of H-pyrrole nitrogens is 1. The lowest BCUT2D eigenvalue weighted by Crippen LogP contribution is -2.24. The Morgan fingerprint density at radius 1 is 1.25 bits per heavy atom. The fourth-order valence-electron chi connectivity index (χ4n) is 2.39. The summed E-state index contributed by atoms with van der Waals surface area (Å²) in [4.78, 5) is 7.93. The highest BCUT2D eigenvalue weighted by atomic mass is 14.9. The lowest BCUT2D eigenvalue weighted by Gasteiger charge is -2.06. The van der Waals surface area contributed by atoms with Crippen LogP contribution < -0.4 is 5.32 Å². The van der Waals surface area contributed by atoms with Gasteiger partial charge < -0.3 is 10.3 Å². The molecule has 0 amide bonds. The molecule has 0 bridgehead atoms. The van der Waals surface area contributed by atoms with Gasteiger partial charge in [-0.1, -0.05) is 37.6 Å². The van der Waals surface area contributed by atoms with E-state index in [1.807, 2.05) is 6.20 Å². The van der Waals surface area contributed by atoms with Gasteiger partial charge in [0.25, 0.3) is 0 Å². The molecule has 3 nitrogen and oxygen atoms in total. The van der Waals surface area contributed by atoms with Crippen molar-refractivity contribution in [1.82, 2.24) is 15.3 Å². The maximum absolute atomic E-state index is 4.49. The van der Waals surface area contributed by atoms with E-state index in [-0.39, 0.29) is 0 Å². The summed E-state index contributed by atoms with van der Waals surface area (Å²) >= 11 is 0. The molecule has 0 aliphatic rings. The first-order chi connectivity index (χ1) is 9.56. The van der Waals surface area contributed by atoms with Crippen LogP contribution in [0.4, 0.5) is 0 Å². The van der Waals surface area contributed by atoms with E-state index in [9.17, 15) is 0 Å². The van der Waals surface area contributed by atoms with Crippen molar-refractivity contribution in [2.75, 3.05) is 6.54 Å². The van der Waals surface area contributed by atoms with Crippen molar-refractivity contribution in [3.05, 3.63) is 41.3 Å². The number of hydrogen-bond donors (Lipinski definition) is 2. The summed E-state index contributed by atoms with van der Waals surface area (Å²) in [5.41, 5.74) is 4.95. The second-order valence-corrected chi connectivity index (χ2v) is 5.77. The Hall–Kier alpha value is -1.61. The smallest absolute Gasteiger partial charge is 0.106 e. The Bertz CT molecular complexity index is 555. The molecule has 3 heteroatoms. The maximum Gasteiger partial charge on any atom is 0.106 e. The summed E-state index contributed by atoms with van der Waals surface area (Å²) in [7, 11) is 0. The number of aromatic nitrogens is 2. The molecule has 0 unspecified atom stereocenters. The van der Waals surface area contributed by atoms with E-state index in [4.69, 9.17) is 0 Å². The summed E-state index contributed by atoms with van der Waals surface area (Å²) < 4.78 is 0. The van der Waals surface area contributed by atoms with E-state index in [0.29, 0.717) is 6.04 Å². The molecule has 1 heterocycles. The fraction of sp³-hybridized carbons (Fsp3) is 0.471. The molecule has 2 rings (SSSR count). The van der Waals surface area contributed by atoms with E-state index in [2.05, 4.69) is 61.2 Å². The lowest BCUT2D eigenvalue weighted by atomic mass is 10.0. The number of benzene rings is 1. The van der Waals surface area contributed by atoms with Gasteiger partial charge in [-0.05, 0) is 32.4 Å². The van der Waals surface area contributed by atoms with Crippen molar-refractivity contribution in [2.45, 2.75) is 46.6 Å². The predicted octanol–water partition coefficient (Wildman–Crippen LogP) is 3.62. The minimum atomic E-state index is 0.553. The monoisotopic (exact) mass is 271 g/mol. The minimum absolute atomic E-state index is 0.553. The molecule has 2 N–H and O–H groups in total. The van der Waals surface area contributed by atoms with Crippen LogP contribution in [0.15, 0.2) is 24.4 Å². The Morgan fingerprint density at radius 3 is 2.75 bits per heavy atom. The van der Waals surface area contributed by atoms with Crippen LogP contribution in [0.25, 0.3) is 11.3 Å². The van der Waals surface area contributed by atoms with Gasteiger partial charge >= 0.3 is 0 Å². The third-order valence-corrected chi connectivity index (χ3v) is 3.44. The predicted molar refractivity (Wildman–Crippen MR) is 85.0 cm³/mol. The quantitative estimate of drug-likeness (QED) is 0.788. The van der Waals surface area contributed by atoms with Crippen molar-refractivity contribution in [3.8, 4) is 11.3 Å². The van der Waals surface area contributed by atoms with E-state index in [1.54, 1.807) is 0 Å². The van der Waals surface area contributed by atoms with Crippen LogP contribution in [0.1, 0.15) is 37.2 Å². The molecular formula is C17H25N3. The Labute approximate surface area is 121 Å². The molecule has 0 fully saturated rings. The molecule has 0 spiro atoms. The zero-order chi connectivity index (χ0) is 14.5. The van der Waals surface area contributed by atoms with Gasteiger partial charge in [0.05, 0.1) is 11.9 Å². The summed E-state index contributed by atoms with van der Waals surface area (Å²) in [5.74, 6) is 1.07. The first-order valence-corrected chi connectivity index (χ1v) is 7.41. The van der Waals surface area contributed by atoms with Gasteiger partial charge in [-0.2, -0.15) is 0 Å². The second-order valence-electron chi connectivity index (χ2n) is 5.77. The van der Waals surface area contributed by atoms with Crippen molar-refractivity contribution in [2.24, 2.45) is 0 Å². The second kappa shape index (κ2) is 6.71. The highest BCUT2D eigenvalue weighted by molar-refractivity contribution is 5.63. The normalized spacial score (nSPS) is 11.2. The topological polar surface area (TPSA) is 40.7 Å². The lowest BCUT2D eigenvalue weighted by molar-refractivity contribution is 0.567. The van der Waals surface area contributed by atoms with Crippen molar-refractivity contribution in [3.63, 3.8) is 0 Å². The van der Waals surface area contributed by atoms with Crippen LogP contribution >= 0.6 is 0 Å². The fourth-order valence-corrected chi connectivity index (χ4v) is 2.39. The van der Waals surface area contributed by atoms with Crippen molar-refractivity contribution >= 4 is 0 Å². The number of imidazole rings is 1. The molecule has 0 aliphatic heterocycles. The van der Waals surface area contributed by atoms with E-state index in [1.165, 1.54) is 16.7 Å². The third-order valence-electron chi connectivity index (χ3n) is 3.44. The standard InChI is InChI=1S/C17H25N3/c1-12(2)18-9-5-6-17-19-11-16(20-17)15-8-7-13(3)10-14(15)4/h7-8,10-12,18H,5-6,9H2,1-4H3,(H,19,20). The van der Waals surface area contributed by atoms with Crippen molar-refractivity contribution in [1.29, 1.82) is 0 Å². The van der Waals surface area contributed by atoms with Crippen molar-refractivity contribution < 1.29 is 0 Å². The number of nitrogens with zero attached hydrogens (tertiary/aromatic N) is 1. The van der Waals surface area contributed by atoms with Crippen LogP contribution in [0, 0.1) is 13.8 Å². The number of aryl methyl sites for hydroxylation is 3. The average Bonchev–Trinajstić information content (AvgIpc) is 2.83. The van der Waals surface area contributed by atoms with Gasteiger partial charge in [-0.15, -0.1) is 0 Å². The van der Waals surface area contributed by atoms with Gasteiger partial charge in [-0.25, -0.2) is 4.98 Å². The van der Waals surface area contributed by atoms with Gasteiger partial charge in [0.1, 0.15) is 5.82 Å². The number of hydrogen-bond acceptors (Lipinski definition) is 2. The molecular weight excluding hydrogens is 246 g/mol. The largest absolute Gasteiger partial charge is 0.342 e. The van der Waals surface area contributed by atoms with Crippen LogP contribution in [-0.2, 0) is 6.42 Å². The maximum atomic E-state index is 4.49. The highest BCUT2D eigenvalue weighted by Crippen LogP contribution is 2.22. The van der Waals surface area contributed by atoms with Crippen LogP contribution in [0.2, 0.25) is 0 Å². The Balaban J connectivity index is 1.98. The average molecular weight is 271 g/mol. The zero-order valence-electron chi connectivity index (χ0n) is 13.0. The van der Waals surface area contributed by atoms with Gasteiger partial charge in [0.2, 0.25) is 0 Å². The van der Waals surface area contributed by atoms with E-state index >= 15 is 0 Å². The summed E-state index contributed by atoms with van der Waals surface area (Å²) in [6.45, 7) is 9.65. The van der Waals surface area contributed by atoms with Crippen LogP contribution in [0.5, 0.6) is 0 Å². The summed E-state index contributed by atoms with van der Waals surface area (Å²) in [5, 5.41) is 3.43. The highest BCUT2D eigenvalue weighted by Gasteiger charge is 2.06. The van der Waals surface area contributed by atoms with Crippen LogP contribution in [0.3, 0.4) is 0 Å². The SMILES string of the molecule is Cc1ccc(-c2cnc(CCCNC(C)C)[nH]2)c(C)c1. The minimum Gasteiger partial charge on any atom is -0.342 e. The van der Waals surface area contributed by atoms with Gasteiger partial charge in [0, 0.05) is 18.0 Å². The Morgan fingerprint density at radius 2 is 2.05 bits per heavy atom. The molecule has 0 radical (unpaired) electrons.